The molecule has 0 saturated carbocycles. The Morgan fingerprint density at radius 3 is 2.00 bits per heavy atom. The van der Waals surface area contributed by atoms with Crippen molar-refractivity contribution in [3.05, 3.63) is 60.2 Å². The fourth-order valence-electron chi connectivity index (χ4n) is 2.07. The number of aryl methyl sites for hydroxylation is 1. The number of nitrogens with zero attached hydrogens (tertiary/aromatic N) is 3. The fraction of sp³-hybridized carbons (Fsp3) is 0.0909. The monoisotopic (exact) mass is 277 g/mol. The molecule has 102 valence electrons. The molecule has 0 aliphatic heterocycles. The van der Waals surface area contributed by atoms with E-state index in [0.29, 0.717) is 5.56 Å². The molecule has 0 bridgehead atoms. The van der Waals surface area contributed by atoms with Crippen LogP contribution in [0.2, 0.25) is 0 Å². The first-order valence-corrected chi connectivity index (χ1v) is 5.34. The number of hydrogen-bond acceptors (Lipinski definition) is 6. The van der Waals surface area contributed by atoms with E-state index in [1.165, 1.54) is 19.1 Å². The van der Waals surface area contributed by atoms with E-state index in [0.717, 1.165) is 12.1 Å². The van der Waals surface area contributed by atoms with Gasteiger partial charge in [-0.1, -0.05) is 12.1 Å². The van der Waals surface area contributed by atoms with Crippen molar-refractivity contribution in [3.8, 4) is 0 Å². The van der Waals surface area contributed by atoms with Crippen molar-refractivity contribution in [1.29, 1.82) is 0 Å². The Morgan fingerprint density at radius 1 is 0.900 bits per heavy atom. The first-order valence-electron chi connectivity index (χ1n) is 5.34. The second kappa shape index (κ2) is 4.53. The van der Waals surface area contributed by atoms with Crippen LogP contribution in [0.25, 0.3) is 10.8 Å². The molecule has 0 fully saturated rings. The number of nitro benzene ring substituents is 3. The van der Waals surface area contributed by atoms with Crippen molar-refractivity contribution < 1.29 is 14.8 Å². The maximum absolute atomic E-state index is 11.1. The van der Waals surface area contributed by atoms with Crippen molar-refractivity contribution in [1.82, 2.24) is 0 Å². The average molecular weight is 277 g/mol. The number of rotatable bonds is 3. The molecule has 0 atom stereocenters. The summed E-state index contributed by atoms with van der Waals surface area (Å²) in [5, 5.41) is 33.0. The van der Waals surface area contributed by atoms with E-state index < -0.39 is 31.8 Å². The Hall–Kier alpha value is -3.10. The van der Waals surface area contributed by atoms with Crippen molar-refractivity contribution in [2.45, 2.75) is 6.92 Å². The minimum atomic E-state index is -0.965. The zero-order valence-corrected chi connectivity index (χ0v) is 10.1. The van der Waals surface area contributed by atoms with Crippen LogP contribution in [-0.2, 0) is 0 Å². The summed E-state index contributed by atoms with van der Waals surface area (Å²) in [7, 11) is 0. The highest BCUT2D eigenvalue weighted by molar-refractivity contribution is 6.03. The molecule has 2 aromatic carbocycles. The summed E-state index contributed by atoms with van der Waals surface area (Å²) < 4.78 is 0. The number of benzene rings is 2. The first kappa shape index (κ1) is 13.3. The first-order chi connectivity index (χ1) is 9.34. The molecule has 0 spiro atoms. The number of nitro groups is 3. The highest BCUT2D eigenvalue weighted by Crippen LogP contribution is 2.41. The van der Waals surface area contributed by atoms with Gasteiger partial charge in [0.25, 0.3) is 5.69 Å². The SMILES string of the molecule is Cc1cc([N+](=O)[O-])c([N+](=O)[O-])c2c([N+](=O)[O-])cccc12. The van der Waals surface area contributed by atoms with Gasteiger partial charge in [-0.05, 0) is 17.9 Å². The highest BCUT2D eigenvalue weighted by Gasteiger charge is 2.33. The van der Waals surface area contributed by atoms with E-state index >= 15 is 0 Å². The summed E-state index contributed by atoms with van der Waals surface area (Å²) in [5.74, 6) is 0. The second-order valence-corrected chi connectivity index (χ2v) is 4.03. The fourth-order valence-corrected chi connectivity index (χ4v) is 2.07. The lowest BCUT2D eigenvalue weighted by atomic mass is 10.0. The third kappa shape index (κ3) is 1.90. The summed E-state index contributed by atoms with van der Waals surface area (Å²) in [6.45, 7) is 1.50. The van der Waals surface area contributed by atoms with E-state index in [4.69, 9.17) is 0 Å². The molecule has 0 heterocycles. The third-order valence-corrected chi connectivity index (χ3v) is 2.88. The number of hydrogen-bond donors (Lipinski definition) is 0. The minimum absolute atomic E-state index is 0.247. The zero-order chi connectivity index (χ0) is 15.0. The van der Waals surface area contributed by atoms with Crippen LogP contribution >= 0.6 is 0 Å². The molecule has 9 nitrogen and oxygen atoms in total. The van der Waals surface area contributed by atoms with Gasteiger partial charge in [0.2, 0.25) is 0 Å². The molecule has 0 radical (unpaired) electrons. The Bertz CT molecular complexity index is 770. The van der Waals surface area contributed by atoms with Crippen LogP contribution in [0.1, 0.15) is 5.56 Å². The lowest BCUT2D eigenvalue weighted by Crippen LogP contribution is -2.01. The van der Waals surface area contributed by atoms with Crippen LogP contribution in [0.4, 0.5) is 17.1 Å². The Balaban J connectivity index is 3.11. The maximum atomic E-state index is 11.1. The van der Waals surface area contributed by atoms with Gasteiger partial charge in [0.1, 0.15) is 5.39 Å². The van der Waals surface area contributed by atoms with Gasteiger partial charge in [-0.2, -0.15) is 0 Å². The Kier molecular flexibility index (Phi) is 3.02. The smallest absolute Gasteiger partial charge is 0.258 e. The average Bonchev–Trinajstić information content (AvgIpc) is 2.37. The molecule has 0 aliphatic rings. The summed E-state index contributed by atoms with van der Waals surface area (Å²) >= 11 is 0. The predicted molar refractivity (Wildman–Crippen MR) is 68.6 cm³/mol. The minimum Gasteiger partial charge on any atom is -0.258 e. The predicted octanol–water partition coefficient (Wildman–Crippen LogP) is 2.87. The molecular weight excluding hydrogens is 270 g/mol. The number of non-ortho nitro benzene ring substituents is 1. The summed E-state index contributed by atoms with van der Waals surface area (Å²) in [6, 6.07) is 4.96. The lowest BCUT2D eigenvalue weighted by Gasteiger charge is -2.04. The molecule has 0 amide bonds. The standard InChI is InChI=1S/C11H7N3O6/c1-6-5-9(13(17)18)11(14(19)20)10-7(6)3-2-4-8(10)12(15)16/h2-5H,1H3. The molecule has 0 aliphatic carbocycles. The van der Waals surface area contributed by atoms with E-state index in [-0.39, 0.29) is 10.8 Å². The van der Waals surface area contributed by atoms with Gasteiger partial charge < -0.3 is 0 Å². The van der Waals surface area contributed by atoms with Gasteiger partial charge in [-0.25, -0.2) is 0 Å². The molecule has 2 rings (SSSR count). The van der Waals surface area contributed by atoms with E-state index in [2.05, 4.69) is 0 Å². The van der Waals surface area contributed by atoms with Crippen LogP contribution in [0.3, 0.4) is 0 Å². The van der Waals surface area contributed by atoms with Gasteiger partial charge in [0.15, 0.2) is 0 Å². The maximum Gasteiger partial charge on any atom is 0.360 e. The van der Waals surface area contributed by atoms with Crippen molar-refractivity contribution >= 4 is 27.8 Å². The Morgan fingerprint density at radius 2 is 1.50 bits per heavy atom. The Labute approximate surface area is 110 Å². The molecule has 0 saturated heterocycles. The van der Waals surface area contributed by atoms with Crippen LogP contribution in [0, 0.1) is 37.3 Å². The molecular formula is C11H7N3O6. The van der Waals surface area contributed by atoms with Crippen LogP contribution < -0.4 is 0 Å². The summed E-state index contributed by atoms with van der Waals surface area (Å²) in [6.07, 6.45) is 0. The zero-order valence-electron chi connectivity index (χ0n) is 10.1. The van der Waals surface area contributed by atoms with E-state index in [9.17, 15) is 30.3 Å². The summed E-state index contributed by atoms with van der Waals surface area (Å²) in [4.78, 5) is 30.4. The summed E-state index contributed by atoms with van der Waals surface area (Å²) in [5.41, 5.74) is -1.78. The van der Waals surface area contributed by atoms with Crippen LogP contribution in [0.15, 0.2) is 24.3 Å². The largest absolute Gasteiger partial charge is 0.360 e. The molecule has 20 heavy (non-hydrogen) atoms. The van der Waals surface area contributed by atoms with Crippen LogP contribution in [-0.4, -0.2) is 14.8 Å². The van der Waals surface area contributed by atoms with E-state index in [1.54, 1.807) is 0 Å². The molecule has 0 aromatic heterocycles. The van der Waals surface area contributed by atoms with Crippen LogP contribution in [0.5, 0.6) is 0 Å². The van der Waals surface area contributed by atoms with Crippen molar-refractivity contribution in [2.75, 3.05) is 0 Å². The van der Waals surface area contributed by atoms with Gasteiger partial charge in [0, 0.05) is 12.1 Å². The molecule has 9 heteroatoms. The number of fused-ring (bicyclic) bond motifs is 1. The second-order valence-electron chi connectivity index (χ2n) is 4.03. The highest BCUT2D eigenvalue weighted by atomic mass is 16.6. The van der Waals surface area contributed by atoms with Crippen molar-refractivity contribution in [3.63, 3.8) is 0 Å². The van der Waals surface area contributed by atoms with Crippen molar-refractivity contribution in [2.24, 2.45) is 0 Å². The van der Waals surface area contributed by atoms with Gasteiger partial charge in [-0.15, -0.1) is 0 Å². The van der Waals surface area contributed by atoms with Gasteiger partial charge in [-0.3, -0.25) is 30.3 Å². The topological polar surface area (TPSA) is 129 Å². The third-order valence-electron chi connectivity index (χ3n) is 2.88. The molecule has 0 unspecified atom stereocenters. The van der Waals surface area contributed by atoms with Gasteiger partial charge >= 0.3 is 11.4 Å². The van der Waals surface area contributed by atoms with Gasteiger partial charge in [0.05, 0.1) is 14.8 Å². The molecule has 0 N–H and O–H groups in total. The molecule has 2 aromatic rings. The quantitative estimate of drug-likeness (QED) is 0.626. The lowest BCUT2D eigenvalue weighted by molar-refractivity contribution is -0.422. The normalized spacial score (nSPS) is 10.4. The van der Waals surface area contributed by atoms with E-state index in [1.807, 2.05) is 0 Å².